The van der Waals surface area contributed by atoms with Crippen LogP contribution in [0.15, 0.2) is 24.3 Å². The fourth-order valence-electron chi connectivity index (χ4n) is 2.62. The van der Waals surface area contributed by atoms with E-state index in [1.54, 1.807) is 12.1 Å². The summed E-state index contributed by atoms with van der Waals surface area (Å²) in [5, 5.41) is 2.87. The maximum Gasteiger partial charge on any atom is 0.240 e. The summed E-state index contributed by atoms with van der Waals surface area (Å²) < 4.78 is 18.8. The maximum atomic E-state index is 13.1. The minimum atomic E-state index is -0.725. The SMILES string of the molecule is CCC(CNC(=O)C1(N)CCCC1)Oc1cccc(F)c1. The number of benzene rings is 1. The van der Waals surface area contributed by atoms with Gasteiger partial charge in [-0.2, -0.15) is 0 Å². The Bertz CT molecular complexity index is 487. The number of hydrogen-bond donors (Lipinski definition) is 2. The van der Waals surface area contributed by atoms with Crippen molar-refractivity contribution in [2.24, 2.45) is 5.73 Å². The molecule has 1 unspecified atom stereocenters. The molecule has 1 saturated carbocycles. The predicted molar refractivity (Wildman–Crippen MR) is 79.5 cm³/mol. The van der Waals surface area contributed by atoms with Crippen molar-refractivity contribution in [2.45, 2.75) is 50.7 Å². The van der Waals surface area contributed by atoms with Gasteiger partial charge in [0.25, 0.3) is 0 Å². The van der Waals surface area contributed by atoms with Crippen molar-refractivity contribution in [1.82, 2.24) is 5.32 Å². The molecule has 5 heteroatoms. The Morgan fingerprint density at radius 1 is 1.48 bits per heavy atom. The summed E-state index contributed by atoms with van der Waals surface area (Å²) in [6.07, 6.45) is 4.00. The van der Waals surface area contributed by atoms with E-state index in [0.29, 0.717) is 18.7 Å². The molecule has 1 aliphatic carbocycles. The van der Waals surface area contributed by atoms with E-state index >= 15 is 0 Å². The van der Waals surface area contributed by atoms with Gasteiger partial charge < -0.3 is 15.8 Å². The van der Waals surface area contributed by atoms with Gasteiger partial charge in [-0.1, -0.05) is 25.8 Å². The van der Waals surface area contributed by atoms with Gasteiger partial charge in [-0.15, -0.1) is 0 Å². The lowest BCUT2D eigenvalue weighted by atomic mass is 9.98. The van der Waals surface area contributed by atoms with Gasteiger partial charge in [0.15, 0.2) is 0 Å². The van der Waals surface area contributed by atoms with Gasteiger partial charge in [0.1, 0.15) is 17.7 Å². The first-order chi connectivity index (χ1) is 10.0. The number of halogens is 1. The van der Waals surface area contributed by atoms with Crippen molar-refractivity contribution in [3.63, 3.8) is 0 Å². The molecule has 1 aliphatic rings. The Hall–Kier alpha value is -1.62. The molecule has 3 N–H and O–H groups in total. The van der Waals surface area contributed by atoms with Gasteiger partial charge >= 0.3 is 0 Å². The fraction of sp³-hybridized carbons (Fsp3) is 0.562. The molecule has 1 fully saturated rings. The third kappa shape index (κ3) is 4.17. The van der Waals surface area contributed by atoms with Gasteiger partial charge in [0.05, 0.1) is 12.1 Å². The first kappa shape index (κ1) is 15.8. The normalized spacial score (nSPS) is 18.2. The fourth-order valence-corrected chi connectivity index (χ4v) is 2.62. The third-order valence-electron chi connectivity index (χ3n) is 3.99. The van der Waals surface area contributed by atoms with Crippen LogP contribution in [0.2, 0.25) is 0 Å². The van der Waals surface area contributed by atoms with Gasteiger partial charge in [-0.05, 0) is 31.4 Å². The molecule has 116 valence electrons. The largest absolute Gasteiger partial charge is 0.489 e. The van der Waals surface area contributed by atoms with E-state index in [-0.39, 0.29) is 17.8 Å². The maximum absolute atomic E-state index is 13.1. The van der Waals surface area contributed by atoms with Crippen molar-refractivity contribution in [3.05, 3.63) is 30.1 Å². The average molecular weight is 294 g/mol. The second kappa shape index (κ2) is 6.89. The van der Waals surface area contributed by atoms with Crippen molar-refractivity contribution >= 4 is 5.91 Å². The molecule has 0 bridgehead atoms. The Morgan fingerprint density at radius 2 is 2.19 bits per heavy atom. The Morgan fingerprint density at radius 3 is 2.81 bits per heavy atom. The number of rotatable bonds is 6. The van der Waals surface area contributed by atoms with Crippen molar-refractivity contribution in [3.8, 4) is 5.75 Å². The first-order valence-electron chi connectivity index (χ1n) is 7.53. The molecule has 2 rings (SSSR count). The third-order valence-corrected chi connectivity index (χ3v) is 3.99. The quantitative estimate of drug-likeness (QED) is 0.846. The molecule has 0 aliphatic heterocycles. The molecule has 0 radical (unpaired) electrons. The van der Waals surface area contributed by atoms with Crippen molar-refractivity contribution < 1.29 is 13.9 Å². The molecule has 4 nitrogen and oxygen atoms in total. The van der Waals surface area contributed by atoms with Crippen molar-refractivity contribution in [1.29, 1.82) is 0 Å². The summed E-state index contributed by atoms with van der Waals surface area (Å²) in [6.45, 7) is 2.34. The van der Waals surface area contributed by atoms with Crippen LogP contribution in [0.1, 0.15) is 39.0 Å². The molecule has 1 amide bonds. The van der Waals surface area contributed by atoms with Crippen LogP contribution in [0.3, 0.4) is 0 Å². The lowest BCUT2D eigenvalue weighted by Crippen LogP contribution is -2.53. The number of hydrogen-bond acceptors (Lipinski definition) is 3. The number of nitrogens with two attached hydrogens (primary N) is 1. The van der Waals surface area contributed by atoms with Crippen LogP contribution in [0.25, 0.3) is 0 Å². The Balaban J connectivity index is 1.86. The van der Waals surface area contributed by atoms with Crippen molar-refractivity contribution in [2.75, 3.05) is 6.54 Å². The highest BCUT2D eigenvalue weighted by atomic mass is 19.1. The standard InChI is InChI=1S/C16H23FN2O2/c1-2-13(21-14-7-5-6-12(17)10-14)11-19-15(20)16(18)8-3-4-9-16/h5-7,10,13H,2-4,8-9,11,18H2,1H3,(H,19,20). The number of nitrogens with one attached hydrogen (secondary N) is 1. The van der Waals surface area contributed by atoms with E-state index in [2.05, 4.69) is 5.32 Å². The summed E-state index contributed by atoms with van der Waals surface area (Å²) >= 11 is 0. The summed E-state index contributed by atoms with van der Waals surface area (Å²) in [7, 11) is 0. The highest BCUT2D eigenvalue weighted by molar-refractivity contribution is 5.86. The van der Waals surface area contributed by atoms with E-state index in [9.17, 15) is 9.18 Å². The number of amides is 1. The zero-order chi connectivity index (χ0) is 15.3. The van der Waals surface area contributed by atoms with Crippen LogP contribution in [-0.2, 0) is 4.79 Å². The molecule has 0 spiro atoms. The van der Waals surface area contributed by atoms with Crippen LogP contribution in [0, 0.1) is 5.82 Å². The summed E-state index contributed by atoms with van der Waals surface area (Å²) in [6, 6.07) is 6.01. The zero-order valence-corrected chi connectivity index (χ0v) is 12.4. The second-order valence-corrected chi connectivity index (χ2v) is 5.68. The summed E-state index contributed by atoms with van der Waals surface area (Å²) in [5.41, 5.74) is 5.38. The van der Waals surface area contributed by atoms with Crippen LogP contribution in [0.5, 0.6) is 5.75 Å². The second-order valence-electron chi connectivity index (χ2n) is 5.68. The van der Waals surface area contributed by atoms with E-state index in [4.69, 9.17) is 10.5 Å². The molecule has 1 aromatic carbocycles. The van der Waals surface area contributed by atoms with Gasteiger partial charge in [-0.25, -0.2) is 4.39 Å². The number of ether oxygens (including phenoxy) is 1. The molecule has 0 saturated heterocycles. The predicted octanol–water partition coefficient (Wildman–Crippen LogP) is 2.37. The van der Waals surface area contributed by atoms with E-state index in [1.807, 2.05) is 6.92 Å². The van der Waals surface area contributed by atoms with Crippen LogP contribution >= 0.6 is 0 Å². The average Bonchev–Trinajstić information content (AvgIpc) is 2.91. The topological polar surface area (TPSA) is 64.4 Å². The van der Waals surface area contributed by atoms with Crippen LogP contribution in [0.4, 0.5) is 4.39 Å². The summed E-state index contributed by atoms with van der Waals surface area (Å²) in [4.78, 5) is 12.1. The molecule has 1 atom stereocenters. The highest BCUT2D eigenvalue weighted by Crippen LogP contribution is 2.27. The van der Waals surface area contributed by atoms with Crippen LogP contribution in [-0.4, -0.2) is 24.1 Å². The molecule has 21 heavy (non-hydrogen) atoms. The molecule has 0 heterocycles. The molecular weight excluding hydrogens is 271 g/mol. The van der Waals surface area contributed by atoms with Gasteiger partial charge in [0, 0.05) is 6.07 Å². The van der Waals surface area contributed by atoms with E-state index in [0.717, 1.165) is 25.7 Å². The van der Waals surface area contributed by atoms with E-state index < -0.39 is 5.54 Å². The summed E-state index contributed by atoms with van der Waals surface area (Å²) in [5.74, 6) is 0.0268. The smallest absolute Gasteiger partial charge is 0.240 e. The zero-order valence-electron chi connectivity index (χ0n) is 12.4. The molecule has 1 aromatic rings. The van der Waals surface area contributed by atoms with E-state index in [1.165, 1.54) is 12.1 Å². The minimum Gasteiger partial charge on any atom is -0.489 e. The number of carbonyl (C=O) groups is 1. The molecule has 0 aromatic heterocycles. The molecular formula is C16H23FN2O2. The lowest BCUT2D eigenvalue weighted by Gasteiger charge is -2.24. The minimum absolute atomic E-state index is 0.110. The highest BCUT2D eigenvalue weighted by Gasteiger charge is 2.36. The monoisotopic (exact) mass is 294 g/mol. The number of carbonyl (C=O) groups excluding carboxylic acids is 1. The Kier molecular flexibility index (Phi) is 5.17. The van der Waals surface area contributed by atoms with Crippen LogP contribution < -0.4 is 15.8 Å². The van der Waals surface area contributed by atoms with Gasteiger partial charge in [-0.3, -0.25) is 4.79 Å². The lowest BCUT2D eigenvalue weighted by molar-refractivity contribution is -0.126. The Labute approximate surface area is 124 Å². The first-order valence-corrected chi connectivity index (χ1v) is 7.53. The van der Waals surface area contributed by atoms with Gasteiger partial charge in [0.2, 0.25) is 5.91 Å².